The molecule has 0 spiro atoms. The molecule has 120 valence electrons. The summed E-state index contributed by atoms with van der Waals surface area (Å²) in [4.78, 5) is 8.94. The molecule has 2 heteroatoms. The van der Waals surface area contributed by atoms with Gasteiger partial charge in [0.25, 0.3) is 0 Å². The Balaban J connectivity index is 0.000000745. The van der Waals surface area contributed by atoms with Gasteiger partial charge in [0.1, 0.15) is 0 Å². The molecular weight excluding hydrogens is 268 g/mol. The molecule has 0 N–H and O–H groups in total. The summed E-state index contributed by atoms with van der Waals surface area (Å²) >= 11 is 0. The van der Waals surface area contributed by atoms with Gasteiger partial charge in [-0.1, -0.05) is 64.3 Å². The van der Waals surface area contributed by atoms with Crippen molar-refractivity contribution in [1.82, 2.24) is 9.97 Å². The van der Waals surface area contributed by atoms with E-state index in [2.05, 4.69) is 55.0 Å². The van der Waals surface area contributed by atoms with Crippen LogP contribution in [0.25, 0.3) is 11.4 Å². The fraction of sp³-hybridized carbons (Fsp3) is 0.500. The summed E-state index contributed by atoms with van der Waals surface area (Å²) in [6, 6.07) is 8.66. The van der Waals surface area contributed by atoms with Gasteiger partial charge >= 0.3 is 0 Å². The van der Waals surface area contributed by atoms with Gasteiger partial charge in [-0.05, 0) is 37.8 Å². The maximum Gasteiger partial charge on any atom is 0.159 e. The van der Waals surface area contributed by atoms with Crippen LogP contribution in [0.4, 0.5) is 0 Å². The SMILES string of the molecule is CCC.CCCCCc1ccc(-c2ncc(C)c(C)n2)cc1. The summed E-state index contributed by atoms with van der Waals surface area (Å²) in [6.45, 7) is 10.6. The van der Waals surface area contributed by atoms with Gasteiger partial charge in [0.05, 0.1) is 0 Å². The molecule has 1 aromatic heterocycles. The van der Waals surface area contributed by atoms with Crippen molar-refractivity contribution in [2.75, 3.05) is 0 Å². The number of aryl methyl sites for hydroxylation is 3. The van der Waals surface area contributed by atoms with Crippen LogP contribution in [0.1, 0.15) is 63.3 Å². The summed E-state index contributed by atoms with van der Waals surface area (Å²) in [5, 5.41) is 0. The van der Waals surface area contributed by atoms with Gasteiger partial charge < -0.3 is 0 Å². The molecule has 1 aromatic carbocycles. The van der Waals surface area contributed by atoms with E-state index in [-0.39, 0.29) is 0 Å². The van der Waals surface area contributed by atoms with E-state index in [1.54, 1.807) is 0 Å². The van der Waals surface area contributed by atoms with Gasteiger partial charge in [-0.2, -0.15) is 0 Å². The molecule has 0 amide bonds. The summed E-state index contributed by atoms with van der Waals surface area (Å²) in [6.07, 6.45) is 8.17. The number of nitrogens with zero attached hydrogens (tertiary/aromatic N) is 2. The number of rotatable bonds is 5. The Morgan fingerprint density at radius 2 is 1.55 bits per heavy atom. The highest BCUT2D eigenvalue weighted by molar-refractivity contribution is 5.55. The van der Waals surface area contributed by atoms with Crippen LogP contribution in [0, 0.1) is 13.8 Å². The largest absolute Gasteiger partial charge is 0.236 e. The van der Waals surface area contributed by atoms with E-state index in [1.165, 1.54) is 37.7 Å². The lowest BCUT2D eigenvalue weighted by Gasteiger charge is -2.05. The second kappa shape index (κ2) is 10.1. The summed E-state index contributed by atoms with van der Waals surface area (Å²) in [5.41, 5.74) is 4.69. The van der Waals surface area contributed by atoms with Crippen LogP contribution in [-0.4, -0.2) is 9.97 Å². The summed E-state index contributed by atoms with van der Waals surface area (Å²) < 4.78 is 0. The normalized spacial score (nSPS) is 10.0. The van der Waals surface area contributed by atoms with Gasteiger partial charge in [-0.15, -0.1) is 0 Å². The first-order valence-electron chi connectivity index (χ1n) is 8.51. The van der Waals surface area contributed by atoms with Gasteiger partial charge in [-0.25, -0.2) is 9.97 Å². The molecule has 2 aromatic rings. The van der Waals surface area contributed by atoms with E-state index in [0.29, 0.717) is 0 Å². The fourth-order valence-electron chi connectivity index (χ4n) is 2.07. The molecule has 0 atom stereocenters. The maximum atomic E-state index is 4.54. The van der Waals surface area contributed by atoms with Gasteiger partial charge in [-0.3, -0.25) is 0 Å². The zero-order valence-electron chi connectivity index (χ0n) is 14.8. The van der Waals surface area contributed by atoms with E-state index >= 15 is 0 Å². The van der Waals surface area contributed by atoms with Crippen molar-refractivity contribution in [2.45, 2.75) is 66.7 Å². The smallest absolute Gasteiger partial charge is 0.159 e. The highest BCUT2D eigenvalue weighted by Crippen LogP contribution is 2.17. The van der Waals surface area contributed by atoms with Crippen molar-refractivity contribution in [3.63, 3.8) is 0 Å². The molecule has 0 aliphatic rings. The van der Waals surface area contributed by atoms with Crippen LogP contribution in [0.2, 0.25) is 0 Å². The Hall–Kier alpha value is -1.70. The van der Waals surface area contributed by atoms with Crippen LogP contribution in [0.15, 0.2) is 30.5 Å². The zero-order valence-corrected chi connectivity index (χ0v) is 14.8. The third kappa shape index (κ3) is 5.97. The molecular formula is C20H30N2. The Morgan fingerprint density at radius 3 is 2.09 bits per heavy atom. The molecule has 0 bridgehead atoms. The van der Waals surface area contributed by atoms with E-state index in [1.807, 2.05) is 20.0 Å². The minimum absolute atomic E-state index is 0.822. The Kier molecular flexibility index (Phi) is 8.42. The molecule has 2 nitrogen and oxygen atoms in total. The van der Waals surface area contributed by atoms with Crippen LogP contribution in [0.3, 0.4) is 0 Å². The predicted octanol–water partition coefficient (Wildman–Crippen LogP) is 5.91. The average molecular weight is 298 g/mol. The maximum absolute atomic E-state index is 4.54. The molecule has 0 aliphatic carbocycles. The third-order valence-electron chi connectivity index (χ3n) is 3.51. The molecule has 0 aliphatic heterocycles. The van der Waals surface area contributed by atoms with Crippen molar-refractivity contribution in [2.24, 2.45) is 0 Å². The first-order chi connectivity index (χ1) is 10.6. The highest BCUT2D eigenvalue weighted by atomic mass is 14.9. The summed E-state index contributed by atoms with van der Waals surface area (Å²) in [7, 11) is 0. The number of aromatic nitrogens is 2. The standard InChI is InChI=1S/C17H22N2.C3H8/c1-4-5-6-7-15-8-10-16(11-9-15)17-18-12-13(2)14(3)19-17;1-3-2/h8-12H,4-7H2,1-3H3;3H2,1-2H3. The highest BCUT2D eigenvalue weighted by Gasteiger charge is 2.03. The Morgan fingerprint density at radius 1 is 0.909 bits per heavy atom. The number of unbranched alkanes of at least 4 members (excludes halogenated alkanes) is 2. The lowest BCUT2D eigenvalue weighted by Crippen LogP contribution is -1.94. The molecule has 0 radical (unpaired) electrons. The van der Waals surface area contributed by atoms with Crippen molar-refractivity contribution >= 4 is 0 Å². The molecule has 0 fully saturated rings. The van der Waals surface area contributed by atoms with E-state index < -0.39 is 0 Å². The van der Waals surface area contributed by atoms with Crippen LogP contribution in [-0.2, 0) is 6.42 Å². The molecule has 2 rings (SSSR count). The van der Waals surface area contributed by atoms with Crippen molar-refractivity contribution in [3.05, 3.63) is 47.3 Å². The molecule has 22 heavy (non-hydrogen) atoms. The lowest BCUT2D eigenvalue weighted by molar-refractivity contribution is 0.717. The van der Waals surface area contributed by atoms with Crippen molar-refractivity contribution in [3.8, 4) is 11.4 Å². The Labute approximate surface area is 136 Å². The minimum Gasteiger partial charge on any atom is -0.236 e. The minimum atomic E-state index is 0.822. The molecule has 0 unspecified atom stereocenters. The molecule has 0 saturated carbocycles. The summed E-state index contributed by atoms with van der Waals surface area (Å²) in [5.74, 6) is 0.822. The second-order valence-electron chi connectivity index (χ2n) is 5.82. The van der Waals surface area contributed by atoms with E-state index in [9.17, 15) is 0 Å². The third-order valence-corrected chi connectivity index (χ3v) is 3.51. The molecule has 0 saturated heterocycles. The fourth-order valence-corrected chi connectivity index (χ4v) is 2.07. The topological polar surface area (TPSA) is 25.8 Å². The van der Waals surface area contributed by atoms with Gasteiger partial charge in [0, 0.05) is 17.5 Å². The monoisotopic (exact) mass is 298 g/mol. The van der Waals surface area contributed by atoms with Gasteiger partial charge in [0.2, 0.25) is 0 Å². The first-order valence-corrected chi connectivity index (χ1v) is 8.51. The molecule has 1 heterocycles. The van der Waals surface area contributed by atoms with Crippen LogP contribution < -0.4 is 0 Å². The number of hydrogen-bond donors (Lipinski definition) is 0. The van der Waals surface area contributed by atoms with Crippen molar-refractivity contribution < 1.29 is 0 Å². The predicted molar refractivity (Wildman–Crippen MR) is 96.1 cm³/mol. The average Bonchev–Trinajstić information content (AvgIpc) is 2.52. The van der Waals surface area contributed by atoms with Gasteiger partial charge in [0.15, 0.2) is 5.82 Å². The lowest BCUT2D eigenvalue weighted by atomic mass is 10.1. The van der Waals surface area contributed by atoms with Crippen molar-refractivity contribution in [1.29, 1.82) is 0 Å². The van der Waals surface area contributed by atoms with E-state index in [4.69, 9.17) is 0 Å². The van der Waals surface area contributed by atoms with E-state index in [0.717, 1.165) is 22.6 Å². The van der Waals surface area contributed by atoms with Crippen LogP contribution in [0.5, 0.6) is 0 Å². The Bertz CT molecular complexity index is 544. The second-order valence-corrected chi connectivity index (χ2v) is 5.82. The quantitative estimate of drug-likeness (QED) is 0.641. The van der Waals surface area contributed by atoms with Crippen LogP contribution >= 0.6 is 0 Å². The first kappa shape index (κ1) is 18.3. The number of hydrogen-bond acceptors (Lipinski definition) is 2. The number of benzene rings is 1. The zero-order chi connectivity index (χ0) is 16.4.